The Morgan fingerprint density at radius 3 is 2.19 bits per heavy atom. The van der Waals surface area contributed by atoms with Crippen LogP contribution in [0.15, 0.2) is 18.2 Å². The van der Waals surface area contributed by atoms with Crippen molar-refractivity contribution in [3.05, 3.63) is 29.6 Å². The summed E-state index contributed by atoms with van der Waals surface area (Å²) in [7, 11) is 0. The lowest BCUT2D eigenvalue weighted by molar-refractivity contribution is -0.0522. The molecule has 0 aromatic heterocycles. The number of ether oxygens (including phenoxy) is 1. The monoisotopic (exact) mass is 436 g/mol. The zero-order chi connectivity index (χ0) is 21.8. The standard InChI is InChI=1S/C27H39F3O/c1-2-18-3-5-19(6-4-18)7-8-20-9-10-22-16-23(12-11-21(22)15-20)24-13-14-26(25(28)17-24)31-27(29)30/h13-14,17-23,27H,2-12,15-16H2,1H3. The predicted molar refractivity (Wildman–Crippen MR) is 119 cm³/mol. The Morgan fingerprint density at radius 1 is 0.839 bits per heavy atom. The highest BCUT2D eigenvalue weighted by Gasteiger charge is 2.36. The highest BCUT2D eigenvalue weighted by molar-refractivity contribution is 5.31. The van der Waals surface area contributed by atoms with E-state index in [1.165, 1.54) is 82.8 Å². The summed E-state index contributed by atoms with van der Waals surface area (Å²) in [6.45, 7) is -0.650. The number of hydrogen-bond acceptors (Lipinski definition) is 1. The van der Waals surface area contributed by atoms with Crippen LogP contribution in [0.2, 0.25) is 0 Å². The number of fused-ring (bicyclic) bond motifs is 1. The molecule has 0 aliphatic heterocycles. The fourth-order valence-corrected chi connectivity index (χ4v) is 6.91. The molecule has 0 spiro atoms. The highest BCUT2D eigenvalue weighted by Crippen LogP contribution is 2.49. The smallest absolute Gasteiger partial charge is 0.387 e. The summed E-state index contributed by atoms with van der Waals surface area (Å²) >= 11 is 0. The molecule has 0 amide bonds. The van der Waals surface area contributed by atoms with E-state index in [2.05, 4.69) is 11.7 Å². The Labute approximate surface area is 186 Å². The Bertz CT molecular complexity index is 698. The van der Waals surface area contributed by atoms with Crippen LogP contribution in [-0.4, -0.2) is 6.61 Å². The largest absolute Gasteiger partial charge is 0.432 e. The van der Waals surface area contributed by atoms with E-state index < -0.39 is 12.4 Å². The van der Waals surface area contributed by atoms with Crippen LogP contribution in [0.1, 0.15) is 102 Å². The van der Waals surface area contributed by atoms with Crippen LogP contribution in [0.25, 0.3) is 0 Å². The highest BCUT2D eigenvalue weighted by atomic mass is 19.3. The van der Waals surface area contributed by atoms with Crippen molar-refractivity contribution < 1.29 is 17.9 Å². The van der Waals surface area contributed by atoms with E-state index in [0.29, 0.717) is 5.92 Å². The molecule has 174 valence electrons. The molecule has 0 radical (unpaired) electrons. The predicted octanol–water partition coefficient (Wildman–Crippen LogP) is 8.72. The van der Waals surface area contributed by atoms with Crippen molar-refractivity contribution in [1.82, 2.24) is 0 Å². The van der Waals surface area contributed by atoms with Crippen molar-refractivity contribution >= 4 is 0 Å². The normalized spacial score (nSPS) is 33.8. The maximum absolute atomic E-state index is 14.2. The molecular weight excluding hydrogens is 397 g/mol. The zero-order valence-corrected chi connectivity index (χ0v) is 19.0. The fraction of sp³-hybridized carbons (Fsp3) is 0.778. The minimum absolute atomic E-state index is 0.349. The van der Waals surface area contributed by atoms with Crippen LogP contribution < -0.4 is 4.74 Å². The number of rotatable bonds is 7. The van der Waals surface area contributed by atoms with Gasteiger partial charge in [0.1, 0.15) is 0 Å². The Kier molecular flexibility index (Phi) is 7.87. The van der Waals surface area contributed by atoms with Gasteiger partial charge >= 0.3 is 6.61 Å². The van der Waals surface area contributed by atoms with Crippen molar-refractivity contribution in [2.45, 2.75) is 103 Å². The first-order chi connectivity index (χ1) is 15.0. The van der Waals surface area contributed by atoms with Crippen molar-refractivity contribution in [2.75, 3.05) is 0 Å². The van der Waals surface area contributed by atoms with Gasteiger partial charge in [0.15, 0.2) is 11.6 Å². The van der Waals surface area contributed by atoms with Gasteiger partial charge in [0.05, 0.1) is 0 Å². The summed E-state index contributed by atoms with van der Waals surface area (Å²) in [6, 6.07) is 4.57. The number of benzene rings is 1. The Morgan fingerprint density at radius 2 is 1.48 bits per heavy atom. The van der Waals surface area contributed by atoms with Gasteiger partial charge in [-0.3, -0.25) is 0 Å². The number of halogens is 3. The Hall–Kier alpha value is -1.19. The second-order valence-corrected chi connectivity index (χ2v) is 10.6. The molecule has 0 N–H and O–H groups in total. The maximum atomic E-state index is 14.2. The van der Waals surface area contributed by atoms with Crippen LogP contribution in [0.4, 0.5) is 13.2 Å². The minimum Gasteiger partial charge on any atom is -0.432 e. The molecular formula is C27H39F3O. The van der Waals surface area contributed by atoms with E-state index in [0.717, 1.165) is 48.0 Å². The van der Waals surface area contributed by atoms with Crippen LogP contribution in [0, 0.1) is 35.4 Å². The minimum atomic E-state index is -2.99. The van der Waals surface area contributed by atoms with Crippen LogP contribution >= 0.6 is 0 Å². The molecule has 0 bridgehead atoms. The van der Waals surface area contributed by atoms with Gasteiger partial charge in [-0.2, -0.15) is 8.78 Å². The molecule has 1 aromatic rings. The summed E-state index contributed by atoms with van der Waals surface area (Å²) in [5.41, 5.74) is 0.947. The van der Waals surface area contributed by atoms with Crippen molar-refractivity contribution in [2.24, 2.45) is 29.6 Å². The lowest BCUT2D eigenvalue weighted by Crippen LogP contribution is -2.30. The topological polar surface area (TPSA) is 9.23 Å². The Balaban J connectivity index is 1.24. The quantitative estimate of drug-likeness (QED) is 0.415. The molecule has 4 atom stereocenters. The molecule has 3 aliphatic carbocycles. The van der Waals surface area contributed by atoms with Crippen molar-refractivity contribution in [3.63, 3.8) is 0 Å². The molecule has 3 aliphatic rings. The van der Waals surface area contributed by atoms with Gasteiger partial charge in [0.25, 0.3) is 0 Å². The maximum Gasteiger partial charge on any atom is 0.387 e. The molecule has 31 heavy (non-hydrogen) atoms. The summed E-state index contributed by atoms with van der Waals surface area (Å²) in [5, 5.41) is 0. The molecule has 1 aromatic carbocycles. The van der Waals surface area contributed by atoms with Gasteiger partial charge in [-0.15, -0.1) is 0 Å². The van der Waals surface area contributed by atoms with E-state index in [9.17, 15) is 13.2 Å². The van der Waals surface area contributed by atoms with E-state index in [1.54, 1.807) is 6.07 Å². The third-order valence-corrected chi connectivity index (χ3v) is 8.89. The van der Waals surface area contributed by atoms with Crippen molar-refractivity contribution in [3.8, 4) is 5.75 Å². The van der Waals surface area contributed by atoms with E-state index in [-0.39, 0.29) is 5.75 Å². The van der Waals surface area contributed by atoms with Crippen LogP contribution in [-0.2, 0) is 0 Å². The average molecular weight is 437 g/mol. The molecule has 3 saturated carbocycles. The van der Waals surface area contributed by atoms with Gasteiger partial charge in [-0.25, -0.2) is 4.39 Å². The summed E-state index contributed by atoms with van der Waals surface area (Å²) in [5.74, 6) is 3.78. The fourth-order valence-electron chi connectivity index (χ4n) is 6.91. The van der Waals surface area contributed by atoms with Crippen molar-refractivity contribution in [1.29, 1.82) is 0 Å². The third kappa shape index (κ3) is 5.99. The summed E-state index contributed by atoms with van der Waals surface area (Å²) in [6.07, 6.45) is 17.5. The zero-order valence-electron chi connectivity index (χ0n) is 19.0. The second kappa shape index (κ2) is 10.6. The summed E-state index contributed by atoms with van der Waals surface area (Å²) < 4.78 is 43.2. The van der Waals surface area contributed by atoms with E-state index in [1.807, 2.05) is 0 Å². The third-order valence-electron chi connectivity index (χ3n) is 8.89. The molecule has 4 unspecified atom stereocenters. The molecule has 0 saturated heterocycles. The van der Waals surface area contributed by atoms with Gasteiger partial charge in [0, 0.05) is 0 Å². The van der Waals surface area contributed by atoms with Gasteiger partial charge in [-0.05, 0) is 85.3 Å². The van der Waals surface area contributed by atoms with Gasteiger partial charge in [0.2, 0.25) is 0 Å². The lowest BCUT2D eigenvalue weighted by atomic mass is 9.63. The second-order valence-electron chi connectivity index (χ2n) is 10.6. The first kappa shape index (κ1) is 23.0. The molecule has 0 heterocycles. The van der Waals surface area contributed by atoms with Gasteiger partial charge < -0.3 is 4.74 Å². The molecule has 3 fully saturated rings. The lowest BCUT2D eigenvalue weighted by Gasteiger charge is -2.43. The van der Waals surface area contributed by atoms with E-state index in [4.69, 9.17) is 0 Å². The van der Waals surface area contributed by atoms with Crippen LogP contribution in [0.5, 0.6) is 5.75 Å². The SMILES string of the molecule is CCC1CCC(CCC2CCC3CC(c4ccc(OC(F)F)c(F)c4)CCC3C2)CC1. The van der Waals surface area contributed by atoms with Gasteiger partial charge in [-0.1, -0.05) is 64.4 Å². The van der Waals surface area contributed by atoms with Crippen LogP contribution in [0.3, 0.4) is 0 Å². The summed E-state index contributed by atoms with van der Waals surface area (Å²) in [4.78, 5) is 0. The van der Waals surface area contributed by atoms with E-state index >= 15 is 0 Å². The molecule has 4 rings (SSSR count). The first-order valence-electron chi connectivity index (χ1n) is 12.8. The number of alkyl halides is 2. The molecule has 4 heteroatoms. The average Bonchev–Trinajstić information content (AvgIpc) is 2.78. The molecule has 1 nitrogen and oxygen atoms in total. The first-order valence-corrected chi connectivity index (χ1v) is 12.8. The number of hydrogen-bond donors (Lipinski definition) is 0.